The molecule has 2 aromatic carbocycles. The summed E-state index contributed by atoms with van der Waals surface area (Å²) in [6, 6.07) is 14.7. The molecule has 0 heterocycles. The summed E-state index contributed by atoms with van der Waals surface area (Å²) in [5.74, 6) is 0. The van der Waals surface area contributed by atoms with Gasteiger partial charge in [-0.05, 0) is 0 Å². The topological polar surface area (TPSA) is 0 Å². The summed E-state index contributed by atoms with van der Waals surface area (Å²) in [6.45, 7) is 0. The fourth-order valence-corrected chi connectivity index (χ4v) is 1.41. The van der Waals surface area contributed by atoms with Crippen molar-refractivity contribution in [2.45, 2.75) is 6.42 Å². The zero-order chi connectivity index (χ0) is 11.6. The van der Waals surface area contributed by atoms with Crippen LogP contribution in [0.5, 0.6) is 0 Å². The zero-order valence-electron chi connectivity index (χ0n) is 11.8. The van der Waals surface area contributed by atoms with Crippen LogP contribution in [0.2, 0.25) is 0 Å². The van der Waals surface area contributed by atoms with Crippen LogP contribution in [0.25, 0.3) is 10.8 Å². The van der Waals surface area contributed by atoms with Crippen molar-refractivity contribution in [1.29, 1.82) is 0 Å². The predicted molar refractivity (Wildman–Crippen MR) is 94.2 cm³/mol. The Labute approximate surface area is 149 Å². The van der Waals surface area contributed by atoms with Crippen LogP contribution in [0.1, 0.15) is 6.42 Å². The second kappa shape index (κ2) is 18.8. The first-order chi connectivity index (χ1) is 7.97. The van der Waals surface area contributed by atoms with E-state index in [4.69, 9.17) is 0 Å². The molecule has 3 rings (SSSR count). The summed E-state index contributed by atoms with van der Waals surface area (Å²) in [7, 11) is 2.97. The molecule has 4 heteroatoms. The van der Waals surface area contributed by atoms with Gasteiger partial charge < -0.3 is 14.9 Å². The van der Waals surface area contributed by atoms with E-state index in [0.717, 1.165) is 6.42 Å². The maximum absolute atomic E-state index is 2.99. The van der Waals surface area contributed by atoms with Gasteiger partial charge >= 0.3 is 26.8 Å². The number of rotatable bonds is 0. The fraction of sp³-hybridized carbons (Fsp3) is 0.0625. The smallest absolute Gasteiger partial charge is 0.0809 e. The number of fused-ring (bicyclic) bond motifs is 1. The molecule has 2 radical (unpaired) electrons. The van der Waals surface area contributed by atoms with Crippen LogP contribution < -0.4 is 0 Å². The third kappa shape index (κ3) is 10.6. The molecule has 1 aliphatic carbocycles. The molecule has 2 aromatic rings. The molecule has 0 unspecified atom stereocenters. The van der Waals surface area contributed by atoms with Crippen molar-refractivity contribution in [3.8, 4) is 0 Å². The van der Waals surface area contributed by atoms with E-state index >= 15 is 0 Å². The van der Waals surface area contributed by atoms with Crippen LogP contribution in [0.15, 0.2) is 60.7 Å². The largest absolute Gasteiger partial charge is 0.168 e. The van der Waals surface area contributed by atoms with Crippen molar-refractivity contribution >= 4 is 43.2 Å². The molecular weight excluding hydrogens is 339 g/mol. The predicted octanol–water partition coefficient (Wildman–Crippen LogP) is 5.23. The monoisotopic (exact) mass is 358 g/mol. The number of benzene rings is 1. The van der Waals surface area contributed by atoms with Gasteiger partial charge in [0, 0.05) is 0 Å². The van der Waals surface area contributed by atoms with Crippen molar-refractivity contribution < 1.29 is 19.2 Å². The molecule has 0 aromatic heterocycles. The summed E-state index contributed by atoms with van der Waals surface area (Å²) >= 11 is 1.81. The quantitative estimate of drug-likeness (QED) is 0.447. The average Bonchev–Trinajstić information content (AvgIpc) is 3.06. The second-order valence-electron chi connectivity index (χ2n) is 3.16. The van der Waals surface area contributed by atoms with E-state index < -0.39 is 0 Å². The van der Waals surface area contributed by atoms with Gasteiger partial charge in [-0.2, -0.15) is 23.6 Å². The van der Waals surface area contributed by atoms with Crippen LogP contribution in [0.3, 0.4) is 0 Å². The molecule has 0 nitrogen and oxygen atoms in total. The van der Waals surface area contributed by atoms with Crippen LogP contribution in [0, 0.1) is 20.9 Å². The Morgan fingerprint density at radius 1 is 1.05 bits per heavy atom. The Kier molecular flexibility index (Phi) is 26.4. The number of allylic oxidation sites excluding steroid dienone is 4. The number of hydrogen-bond donors (Lipinski definition) is 0. The zero-order valence-corrected chi connectivity index (χ0v) is 16.0. The summed E-state index contributed by atoms with van der Waals surface area (Å²) in [5.41, 5.74) is 0. The molecular formula is C16H20Cl2SiTi-4. The van der Waals surface area contributed by atoms with E-state index in [2.05, 4.69) is 62.2 Å². The van der Waals surface area contributed by atoms with Crippen LogP contribution >= 0.6 is 24.8 Å². The molecule has 110 valence electrons. The molecule has 0 fully saturated rings. The Hall–Kier alpha value is -0.179. The van der Waals surface area contributed by atoms with Crippen molar-refractivity contribution in [3.05, 3.63) is 81.6 Å². The molecule has 0 bridgehead atoms. The Morgan fingerprint density at radius 3 is 2.15 bits per heavy atom. The molecule has 0 saturated carbocycles. The van der Waals surface area contributed by atoms with E-state index in [9.17, 15) is 0 Å². The van der Waals surface area contributed by atoms with Gasteiger partial charge in [-0.3, -0.25) is 6.08 Å². The van der Waals surface area contributed by atoms with E-state index in [1.807, 2.05) is 12.2 Å². The SMILES string of the molecule is Cl.Cl.[C-]1=CC=CC1.[CH3-].[CH3-].[Si]=[Ti].c1ccc2[cH-]ccc2c1. The normalized spacial score (nSPS) is 9.15. The maximum Gasteiger partial charge on any atom is -0.0809 e. The van der Waals surface area contributed by atoms with Gasteiger partial charge in [0.1, 0.15) is 0 Å². The van der Waals surface area contributed by atoms with Gasteiger partial charge in [0.05, 0.1) is 0 Å². The summed E-state index contributed by atoms with van der Waals surface area (Å²) < 4.78 is 0. The fourth-order valence-electron chi connectivity index (χ4n) is 1.41. The number of hydrogen-bond acceptors (Lipinski definition) is 0. The number of halogens is 2. The van der Waals surface area contributed by atoms with Crippen molar-refractivity contribution in [2.24, 2.45) is 0 Å². The van der Waals surface area contributed by atoms with Gasteiger partial charge in [0.2, 0.25) is 0 Å². The van der Waals surface area contributed by atoms with Crippen LogP contribution in [-0.2, 0) is 19.2 Å². The van der Waals surface area contributed by atoms with E-state index in [0.29, 0.717) is 0 Å². The van der Waals surface area contributed by atoms with Gasteiger partial charge in [0.15, 0.2) is 0 Å². The van der Waals surface area contributed by atoms with Gasteiger partial charge in [-0.1, -0.05) is 6.07 Å². The Bertz CT molecular complexity index is 438. The van der Waals surface area contributed by atoms with Crippen molar-refractivity contribution in [2.75, 3.05) is 0 Å². The second-order valence-corrected chi connectivity index (χ2v) is 3.16. The Morgan fingerprint density at radius 2 is 1.70 bits per heavy atom. The molecule has 0 aliphatic heterocycles. The van der Waals surface area contributed by atoms with E-state index in [1.54, 1.807) is 19.2 Å². The molecule has 0 saturated heterocycles. The third-order valence-electron chi connectivity index (χ3n) is 2.13. The maximum atomic E-state index is 2.99. The average molecular weight is 359 g/mol. The third-order valence-corrected chi connectivity index (χ3v) is 2.13. The standard InChI is InChI=1S/C9H7.C5H5.2CH3.2ClH.Si.Ti/c1-2-5-9-7-3-6-8(9)4-1;1-2-4-5-3-1;;;;;;/h1-7H;1-3H,4H2;2*1H3;2*1H;;/q4*-1;;;;. The van der Waals surface area contributed by atoms with E-state index in [1.165, 1.54) is 10.8 Å². The minimum atomic E-state index is 0. The minimum absolute atomic E-state index is 0. The van der Waals surface area contributed by atoms with E-state index in [-0.39, 0.29) is 39.7 Å². The van der Waals surface area contributed by atoms with Crippen LogP contribution in [0.4, 0.5) is 0 Å². The molecule has 0 amide bonds. The summed E-state index contributed by atoms with van der Waals surface area (Å²) in [5, 5.41) is 2.66. The Balaban J connectivity index is -0.000000104. The first-order valence-corrected chi connectivity index (χ1v) is 7.88. The molecule has 1 aliphatic rings. The molecule has 20 heavy (non-hydrogen) atoms. The van der Waals surface area contributed by atoms with Crippen molar-refractivity contribution in [1.82, 2.24) is 0 Å². The summed E-state index contributed by atoms with van der Waals surface area (Å²) in [6.07, 6.45) is 10.0. The van der Waals surface area contributed by atoms with Gasteiger partial charge in [-0.15, -0.1) is 60.9 Å². The molecule has 0 atom stereocenters. The van der Waals surface area contributed by atoms with Crippen molar-refractivity contribution in [3.63, 3.8) is 0 Å². The first-order valence-electron chi connectivity index (χ1n) is 5.04. The molecule has 0 N–H and O–H groups in total. The molecule has 0 spiro atoms. The summed E-state index contributed by atoms with van der Waals surface area (Å²) in [4.78, 5) is 0. The van der Waals surface area contributed by atoms with Crippen LogP contribution in [-0.4, -0.2) is 7.63 Å². The van der Waals surface area contributed by atoms with Gasteiger partial charge in [0.25, 0.3) is 0 Å². The first kappa shape index (κ1) is 28.1. The minimum Gasteiger partial charge on any atom is -0.168 e. The van der Waals surface area contributed by atoms with Gasteiger partial charge in [-0.25, -0.2) is 12.2 Å².